The number of fused-ring (bicyclic) bond motifs is 1. The van der Waals surface area contributed by atoms with E-state index in [0.29, 0.717) is 17.9 Å². The second kappa shape index (κ2) is 6.71. The van der Waals surface area contributed by atoms with Crippen molar-refractivity contribution in [1.82, 2.24) is 15.1 Å². The van der Waals surface area contributed by atoms with Crippen LogP contribution in [-0.4, -0.2) is 15.7 Å². The van der Waals surface area contributed by atoms with Crippen molar-refractivity contribution in [3.8, 4) is 5.69 Å². The highest BCUT2D eigenvalue weighted by atomic mass is 19.2. The SMILES string of the molecule is O=C(NCc1ccccc1)c1nn(-c2ccc(F)c(F)c2)c2c1CCC2. The van der Waals surface area contributed by atoms with Crippen molar-refractivity contribution in [1.29, 1.82) is 0 Å². The van der Waals surface area contributed by atoms with Crippen molar-refractivity contribution in [3.05, 3.63) is 82.7 Å². The lowest BCUT2D eigenvalue weighted by Gasteiger charge is -2.06. The van der Waals surface area contributed by atoms with Crippen LogP contribution < -0.4 is 5.32 Å². The Hall–Kier alpha value is -3.02. The molecule has 0 saturated carbocycles. The maximum Gasteiger partial charge on any atom is 0.272 e. The van der Waals surface area contributed by atoms with Crippen molar-refractivity contribution < 1.29 is 13.6 Å². The molecule has 26 heavy (non-hydrogen) atoms. The van der Waals surface area contributed by atoms with Crippen LogP contribution in [0.4, 0.5) is 8.78 Å². The van der Waals surface area contributed by atoms with Crippen LogP contribution in [0, 0.1) is 11.6 Å². The highest BCUT2D eigenvalue weighted by Crippen LogP contribution is 2.28. The molecule has 2 aromatic carbocycles. The van der Waals surface area contributed by atoms with Crippen LogP contribution in [-0.2, 0) is 19.4 Å². The second-order valence-corrected chi connectivity index (χ2v) is 6.31. The van der Waals surface area contributed by atoms with Crippen LogP contribution in [0.1, 0.15) is 33.7 Å². The Balaban J connectivity index is 1.63. The van der Waals surface area contributed by atoms with E-state index in [1.165, 1.54) is 6.07 Å². The number of benzene rings is 2. The normalized spacial score (nSPS) is 12.8. The Morgan fingerprint density at radius 2 is 1.88 bits per heavy atom. The Bertz CT molecular complexity index is 967. The minimum absolute atomic E-state index is 0.256. The molecule has 1 aliphatic carbocycles. The van der Waals surface area contributed by atoms with Crippen molar-refractivity contribution in [2.45, 2.75) is 25.8 Å². The van der Waals surface area contributed by atoms with Gasteiger partial charge >= 0.3 is 0 Å². The molecule has 0 atom stereocenters. The summed E-state index contributed by atoms with van der Waals surface area (Å²) < 4.78 is 28.4. The Morgan fingerprint density at radius 1 is 1.08 bits per heavy atom. The van der Waals surface area contributed by atoms with E-state index in [-0.39, 0.29) is 5.91 Å². The molecule has 1 amide bonds. The van der Waals surface area contributed by atoms with Gasteiger partial charge in [0.1, 0.15) is 0 Å². The van der Waals surface area contributed by atoms with E-state index in [0.717, 1.165) is 48.2 Å². The van der Waals surface area contributed by atoms with Crippen LogP contribution in [0.15, 0.2) is 48.5 Å². The third-order valence-electron chi connectivity index (χ3n) is 4.59. The van der Waals surface area contributed by atoms with E-state index >= 15 is 0 Å². The first-order valence-corrected chi connectivity index (χ1v) is 8.52. The molecule has 3 aromatic rings. The monoisotopic (exact) mass is 353 g/mol. The number of rotatable bonds is 4. The minimum atomic E-state index is -0.931. The van der Waals surface area contributed by atoms with Gasteiger partial charge in [0, 0.05) is 23.9 Å². The summed E-state index contributed by atoms with van der Waals surface area (Å²) in [5, 5.41) is 7.28. The summed E-state index contributed by atoms with van der Waals surface area (Å²) in [7, 11) is 0. The van der Waals surface area contributed by atoms with Gasteiger partial charge in [-0.05, 0) is 37.0 Å². The van der Waals surface area contributed by atoms with Crippen molar-refractivity contribution in [2.24, 2.45) is 0 Å². The molecule has 0 unspecified atom stereocenters. The van der Waals surface area contributed by atoms with E-state index < -0.39 is 11.6 Å². The fraction of sp³-hybridized carbons (Fsp3) is 0.200. The fourth-order valence-corrected chi connectivity index (χ4v) is 3.31. The predicted molar refractivity (Wildman–Crippen MR) is 93.1 cm³/mol. The number of carbonyl (C=O) groups is 1. The zero-order valence-electron chi connectivity index (χ0n) is 14.0. The number of amides is 1. The van der Waals surface area contributed by atoms with Gasteiger partial charge in [-0.25, -0.2) is 13.5 Å². The number of hydrogen-bond donors (Lipinski definition) is 1. The van der Waals surface area contributed by atoms with Gasteiger partial charge < -0.3 is 5.32 Å². The van der Waals surface area contributed by atoms with Gasteiger partial charge in [-0.3, -0.25) is 4.79 Å². The predicted octanol–water partition coefficient (Wildman–Crippen LogP) is 3.57. The van der Waals surface area contributed by atoms with Gasteiger partial charge in [0.2, 0.25) is 0 Å². The molecule has 0 bridgehead atoms. The summed E-state index contributed by atoms with van der Waals surface area (Å²) in [6.45, 7) is 0.409. The van der Waals surface area contributed by atoms with Crippen molar-refractivity contribution in [3.63, 3.8) is 0 Å². The molecule has 1 heterocycles. The first-order valence-electron chi connectivity index (χ1n) is 8.52. The fourth-order valence-electron chi connectivity index (χ4n) is 3.31. The summed E-state index contributed by atoms with van der Waals surface area (Å²) in [4.78, 5) is 12.6. The van der Waals surface area contributed by atoms with E-state index in [2.05, 4.69) is 10.4 Å². The average molecular weight is 353 g/mol. The zero-order valence-corrected chi connectivity index (χ0v) is 14.0. The number of aromatic nitrogens is 2. The summed E-state index contributed by atoms with van der Waals surface area (Å²) in [5.74, 6) is -2.09. The second-order valence-electron chi connectivity index (χ2n) is 6.31. The number of halogens is 2. The molecule has 0 aliphatic heterocycles. The molecule has 0 fully saturated rings. The summed E-state index contributed by atoms with van der Waals surface area (Å²) in [6, 6.07) is 13.3. The lowest BCUT2D eigenvalue weighted by atomic mass is 10.2. The smallest absolute Gasteiger partial charge is 0.272 e. The van der Waals surface area contributed by atoms with E-state index in [4.69, 9.17) is 0 Å². The molecule has 0 spiro atoms. The molecule has 1 aromatic heterocycles. The lowest BCUT2D eigenvalue weighted by Crippen LogP contribution is -2.24. The Morgan fingerprint density at radius 3 is 2.65 bits per heavy atom. The van der Waals surface area contributed by atoms with Crippen LogP contribution in [0.25, 0.3) is 5.69 Å². The van der Waals surface area contributed by atoms with E-state index in [9.17, 15) is 13.6 Å². The molecular formula is C20H17F2N3O. The van der Waals surface area contributed by atoms with Crippen LogP contribution in [0.3, 0.4) is 0 Å². The maximum atomic E-state index is 13.6. The van der Waals surface area contributed by atoms with Gasteiger partial charge in [-0.1, -0.05) is 30.3 Å². The first-order chi connectivity index (χ1) is 12.6. The van der Waals surface area contributed by atoms with E-state index in [1.807, 2.05) is 30.3 Å². The Kier molecular flexibility index (Phi) is 4.24. The number of hydrogen-bond acceptors (Lipinski definition) is 2. The van der Waals surface area contributed by atoms with E-state index in [1.54, 1.807) is 4.68 Å². The third-order valence-corrected chi connectivity index (χ3v) is 4.59. The maximum absolute atomic E-state index is 13.6. The molecule has 1 aliphatic rings. The molecule has 1 N–H and O–H groups in total. The number of nitrogens with one attached hydrogen (secondary N) is 1. The van der Waals surface area contributed by atoms with Crippen molar-refractivity contribution >= 4 is 5.91 Å². The summed E-state index contributed by atoms with van der Waals surface area (Å²) >= 11 is 0. The topological polar surface area (TPSA) is 46.9 Å². The third kappa shape index (κ3) is 2.98. The molecule has 6 heteroatoms. The summed E-state index contributed by atoms with van der Waals surface area (Å²) in [5.41, 5.74) is 3.56. The molecule has 132 valence electrons. The average Bonchev–Trinajstić information content (AvgIpc) is 3.25. The molecular weight excluding hydrogens is 336 g/mol. The standard InChI is InChI=1S/C20H17F2N3O/c21-16-10-9-14(11-17(16)22)25-18-8-4-7-15(18)19(24-25)20(26)23-12-13-5-2-1-3-6-13/h1-3,5-6,9-11H,4,7-8,12H2,(H,23,26). The van der Waals surface area contributed by atoms with Gasteiger partial charge in [0.15, 0.2) is 17.3 Å². The summed E-state index contributed by atoms with van der Waals surface area (Å²) in [6.07, 6.45) is 2.43. The molecule has 0 saturated heterocycles. The molecule has 0 radical (unpaired) electrons. The highest BCUT2D eigenvalue weighted by Gasteiger charge is 2.27. The van der Waals surface area contributed by atoms with Crippen LogP contribution >= 0.6 is 0 Å². The highest BCUT2D eigenvalue weighted by molar-refractivity contribution is 5.94. The number of carbonyl (C=O) groups excluding carboxylic acids is 1. The van der Waals surface area contributed by atoms with Crippen molar-refractivity contribution in [2.75, 3.05) is 0 Å². The molecule has 4 nitrogen and oxygen atoms in total. The quantitative estimate of drug-likeness (QED) is 0.779. The van der Waals surface area contributed by atoms with Gasteiger partial charge in [0.25, 0.3) is 5.91 Å². The molecule has 4 rings (SSSR count). The first kappa shape index (κ1) is 16.4. The minimum Gasteiger partial charge on any atom is -0.347 e. The number of nitrogens with zero attached hydrogens (tertiary/aromatic N) is 2. The lowest BCUT2D eigenvalue weighted by molar-refractivity contribution is 0.0944. The van der Waals surface area contributed by atoms with Crippen LogP contribution in [0.5, 0.6) is 0 Å². The van der Waals surface area contributed by atoms with Gasteiger partial charge in [-0.15, -0.1) is 0 Å². The zero-order chi connectivity index (χ0) is 18.1. The van der Waals surface area contributed by atoms with Gasteiger partial charge in [0.05, 0.1) is 5.69 Å². The van der Waals surface area contributed by atoms with Gasteiger partial charge in [-0.2, -0.15) is 5.10 Å². The Labute approximate surface area is 149 Å². The van der Waals surface area contributed by atoms with Crippen LogP contribution in [0.2, 0.25) is 0 Å². The largest absolute Gasteiger partial charge is 0.347 e.